The Morgan fingerprint density at radius 2 is 2.10 bits per heavy atom. The van der Waals surface area contributed by atoms with E-state index in [9.17, 15) is 14.9 Å². The van der Waals surface area contributed by atoms with Gasteiger partial charge in [0.2, 0.25) is 5.71 Å². The van der Waals surface area contributed by atoms with Crippen molar-refractivity contribution in [2.45, 2.75) is 13.8 Å². The van der Waals surface area contributed by atoms with Crippen LogP contribution in [0, 0.1) is 24.0 Å². The van der Waals surface area contributed by atoms with Crippen molar-refractivity contribution in [1.82, 2.24) is 9.78 Å². The first-order valence-corrected chi connectivity index (χ1v) is 6.21. The Morgan fingerprint density at radius 1 is 1.33 bits per heavy atom. The second kappa shape index (κ2) is 4.55. The van der Waals surface area contributed by atoms with Crippen molar-refractivity contribution in [3.63, 3.8) is 0 Å². The summed E-state index contributed by atoms with van der Waals surface area (Å²) in [7, 11) is 0. The molecule has 0 bridgehead atoms. The molecule has 0 aliphatic heterocycles. The number of aromatic nitrogens is 2. The summed E-state index contributed by atoms with van der Waals surface area (Å²) >= 11 is 0. The lowest BCUT2D eigenvalue weighted by Crippen LogP contribution is -2.05. The number of non-ortho nitro benzene ring substituents is 1. The summed E-state index contributed by atoms with van der Waals surface area (Å²) < 4.78 is 6.86. The Bertz CT molecular complexity index is 924. The van der Waals surface area contributed by atoms with Crippen LogP contribution in [0.1, 0.15) is 11.3 Å². The summed E-state index contributed by atoms with van der Waals surface area (Å²) in [5.41, 5.74) is 1.56. The molecule has 3 rings (SSSR count). The highest BCUT2D eigenvalue weighted by Crippen LogP contribution is 2.22. The summed E-state index contributed by atoms with van der Waals surface area (Å²) in [6.45, 7) is 3.36. The fourth-order valence-corrected chi connectivity index (χ4v) is 2.18. The van der Waals surface area contributed by atoms with Crippen molar-refractivity contribution in [1.29, 1.82) is 0 Å². The standard InChI is InChI=1S/C14H11N3O4/c1-8-7-21-14-12(13(8)18)9(2)15-16(14)10-4-3-5-11(6-10)17(19)20/h3-7H,1-2H3. The van der Waals surface area contributed by atoms with Gasteiger partial charge in [0, 0.05) is 17.7 Å². The molecule has 106 valence electrons. The highest BCUT2D eigenvalue weighted by Gasteiger charge is 2.17. The van der Waals surface area contributed by atoms with Gasteiger partial charge in [-0.05, 0) is 19.9 Å². The van der Waals surface area contributed by atoms with Crippen molar-refractivity contribution >= 4 is 16.8 Å². The molecule has 0 amide bonds. The van der Waals surface area contributed by atoms with E-state index in [1.54, 1.807) is 26.0 Å². The number of fused-ring (bicyclic) bond motifs is 1. The van der Waals surface area contributed by atoms with Gasteiger partial charge in [0.1, 0.15) is 5.39 Å². The molecule has 0 unspecified atom stereocenters. The van der Waals surface area contributed by atoms with Crippen LogP contribution in [0.15, 0.2) is 39.7 Å². The van der Waals surface area contributed by atoms with E-state index < -0.39 is 4.92 Å². The maximum Gasteiger partial charge on any atom is 0.271 e. The van der Waals surface area contributed by atoms with Gasteiger partial charge >= 0.3 is 0 Å². The van der Waals surface area contributed by atoms with Gasteiger partial charge in [-0.15, -0.1) is 0 Å². The number of hydrogen-bond acceptors (Lipinski definition) is 5. The van der Waals surface area contributed by atoms with Gasteiger partial charge in [-0.25, -0.2) is 0 Å². The van der Waals surface area contributed by atoms with Gasteiger partial charge in [0.05, 0.1) is 22.6 Å². The Labute approximate surface area is 118 Å². The highest BCUT2D eigenvalue weighted by molar-refractivity contribution is 5.78. The molecule has 7 heteroatoms. The van der Waals surface area contributed by atoms with Gasteiger partial charge in [-0.2, -0.15) is 9.78 Å². The number of nitrogens with zero attached hydrogens (tertiary/aromatic N) is 3. The number of rotatable bonds is 2. The van der Waals surface area contributed by atoms with Crippen molar-refractivity contribution in [2.75, 3.05) is 0 Å². The van der Waals surface area contributed by atoms with Gasteiger partial charge in [-0.3, -0.25) is 14.9 Å². The SMILES string of the molecule is Cc1coc2c(c(C)nn2-c2cccc([N+](=O)[O-])c2)c1=O. The van der Waals surface area contributed by atoms with Gasteiger partial charge in [0.25, 0.3) is 5.69 Å². The van der Waals surface area contributed by atoms with Crippen molar-refractivity contribution < 1.29 is 9.34 Å². The molecule has 1 aromatic carbocycles. The minimum atomic E-state index is -0.484. The predicted octanol–water partition coefficient (Wildman–Crippen LogP) is 2.50. The van der Waals surface area contributed by atoms with E-state index in [0.29, 0.717) is 22.3 Å². The molecular formula is C14H11N3O4. The lowest BCUT2D eigenvalue weighted by molar-refractivity contribution is -0.384. The molecule has 0 fully saturated rings. The zero-order valence-corrected chi connectivity index (χ0v) is 11.4. The maximum atomic E-state index is 12.1. The minimum Gasteiger partial charge on any atom is -0.445 e. The van der Waals surface area contributed by atoms with Gasteiger partial charge < -0.3 is 4.42 Å². The van der Waals surface area contributed by atoms with Crippen LogP contribution in [-0.4, -0.2) is 14.7 Å². The van der Waals surface area contributed by atoms with Crippen LogP contribution in [0.25, 0.3) is 16.8 Å². The van der Waals surface area contributed by atoms with Crippen LogP contribution in [-0.2, 0) is 0 Å². The molecule has 0 saturated heterocycles. The Morgan fingerprint density at radius 3 is 2.81 bits per heavy atom. The topological polar surface area (TPSA) is 91.2 Å². The third-order valence-electron chi connectivity index (χ3n) is 3.24. The molecule has 0 radical (unpaired) electrons. The molecule has 3 aromatic rings. The van der Waals surface area contributed by atoms with E-state index in [1.165, 1.54) is 23.1 Å². The molecule has 21 heavy (non-hydrogen) atoms. The monoisotopic (exact) mass is 285 g/mol. The second-order valence-electron chi connectivity index (χ2n) is 4.70. The predicted molar refractivity (Wildman–Crippen MR) is 75.7 cm³/mol. The van der Waals surface area contributed by atoms with E-state index in [1.807, 2.05) is 0 Å². The number of aryl methyl sites for hydroxylation is 2. The molecule has 0 N–H and O–H groups in total. The summed E-state index contributed by atoms with van der Waals surface area (Å²) in [5, 5.41) is 15.5. The maximum absolute atomic E-state index is 12.1. The first kappa shape index (κ1) is 13.0. The molecule has 2 aromatic heterocycles. The fourth-order valence-electron chi connectivity index (χ4n) is 2.18. The average molecular weight is 285 g/mol. The van der Waals surface area contributed by atoms with Gasteiger partial charge in [0.15, 0.2) is 5.43 Å². The Hall–Kier alpha value is -2.96. The minimum absolute atomic E-state index is 0.0525. The van der Waals surface area contributed by atoms with Crippen LogP contribution >= 0.6 is 0 Å². The molecule has 0 atom stereocenters. The average Bonchev–Trinajstić information content (AvgIpc) is 2.81. The lowest BCUT2D eigenvalue weighted by atomic mass is 10.2. The van der Waals surface area contributed by atoms with Crippen LogP contribution in [0.3, 0.4) is 0 Å². The van der Waals surface area contributed by atoms with E-state index >= 15 is 0 Å². The summed E-state index contributed by atoms with van der Waals surface area (Å²) in [6, 6.07) is 6.00. The first-order chi connectivity index (χ1) is 9.99. The van der Waals surface area contributed by atoms with Crippen molar-refractivity contribution in [3.8, 4) is 5.69 Å². The smallest absolute Gasteiger partial charge is 0.271 e. The van der Waals surface area contributed by atoms with E-state index in [-0.39, 0.29) is 16.8 Å². The van der Waals surface area contributed by atoms with Gasteiger partial charge in [-0.1, -0.05) is 6.07 Å². The molecule has 0 aliphatic carbocycles. The third-order valence-corrected chi connectivity index (χ3v) is 3.24. The molecule has 0 spiro atoms. The van der Waals surface area contributed by atoms with Crippen LogP contribution in [0.4, 0.5) is 5.69 Å². The number of nitro groups is 1. The number of nitro benzene ring substituents is 1. The quantitative estimate of drug-likeness (QED) is 0.533. The van der Waals surface area contributed by atoms with Crippen molar-refractivity contribution in [2.24, 2.45) is 0 Å². The molecule has 0 aliphatic rings. The second-order valence-corrected chi connectivity index (χ2v) is 4.70. The van der Waals surface area contributed by atoms with Crippen molar-refractivity contribution in [3.05, 3.63) is 62.1 Å². The van der Waals surface area contributed by atoms with E-state index in [2.05, 4.69) is 5.10 Å². The number of benzene rings is 1. The molecule has 0 saturated carbocycles. The largest absolute Gasteiger partial charge is 0.445 e. The van der Waals surface area contributed by atoms with E-state index in [4.69, 9.17) is 4.42 Å². The fraction of sp³-hybridized carbons (Fsp3) is 0.143. The molecule has 2 heterocycles. The third kappa shape index (κ3) is 1.99. The zero-order valence-electron chi connectivity index (χ0n) is 11.4. The highest BCUT2D eigenvalue weighted by atomic mass is 16.6. The Balaban J connectivity index is 2.32. The van der Waals surface area contributed by atoms with E-state index in [0.717, 1.165) is 0 Å². The van der Waals surface area contributed by atoms with Crippen LogP contribution in [0.5, 0.6) is 0 Å². The summed E-state index contributed by atoms with van der Waals surface area (Å²) in [5.74, 6) is 0. The normalized spacial score (nSPS) is 11.0. The first-order valence-electron chi connectivity index (χ1n) is 6.21. The Kier molecular flexibility index (Phi) is 2.83. The lowest BCUT2D eigenvalue weighted by Gasteiger charge is -2.02. The number of hydrogen-bond donors (Lipinski definition) is 0. The van der Waals surface area contributed by atoms with Crippen LogP contribution in [0.2, 0.25) is 0 Å². The summed E-state index contributed by atoms with van der Waals surface area (Å²) in [6.07, 6.45) is 1.36. The molecule has 7 nitrogen and oxygen atoms in total. The summed E-state index contributed by atoms with van der Waals surface area (Å²) in [4.78, 5) is 22.5. The molecular weight excluding hydrogens is 274 g/mol. The zero-order chi connectivity index (χ0) is 15.1. The van der Waals surface area contributed by atoms with Crippen LogP contribution < -0.4 is 5.43 Å².